The van der Waals surface area contributed by atoms with Gasteiger partial charge in [0.25, 0.3) is 0 Å². The van der Waals surface area contributed by atoms with Gasteiger partial charge in [0.2, 0.25) is 0 Å². The fraction of sp³-hybridized carbons (Fsp3) is 1.00. The van der Waals surface area contributed by atoms with Gasteiger partial charge in [-0.3, -0.25) is 0 Å². The van der Waals surface area contributed by atoms with E-state index in [0.717, 1.165) is 57.8 Å². The summed E-state index contributed by atoms with van der Waals surface area (Å²) in [5, 5.41) is 22.0. The van der Waals surface area contributed by atoms with E-state index in [1.807, 2.05) is 20.8 Å². The summed E-state index contributed by atoms with van der Waals surface area (Å²) in [6.45, 7) is 16.2. The number of aliphatic hydroxyl groups is 2. The molecule has 2 bridgehead atoms. The molecule has 10 unspecified atom stereocenters. The maximum atomic E-state index is 11.5. The van der Waals surface area contributed by atoms with Crippen molar-refractivity contribution < 1.29 is 33.9 Å². The molecule has 0 aromatic carbocycles. The summed E-state index contributed by atoms with van der Waals surface area (Å²) in [6, 6.07) is 0. The van der Waals surface area contributed by atoms with Crippen LogP contribution in [0.3, 0.4) is 0 Å². The Balaban J connectivity index is 1.17. The molecular weight excluding hydrogens is 472 g/mol. The van der Waals surface area contributed by atoms with E-state index >= 15 is 0 Å². The maximum absolute atomic E-state index is 11.5. The lowest BCUT2D eigenvalue weighted by atomic mass is 9.85. The second kappa shape index (κ2) is 9.12. The Morgan fingerprint density at radius 1 is 0.649 bits per heavy atom. The first kappa shape index (κ1) is 28.3. The molecule has 7 heteroatoms. The average molecular weight is 525 g/mol. The Morgan fingerprint density at radius 3 is 1.92 bits per heavy atom. The van der Waals surface area contributed by atoms with Gasteiger partial charge >= 0.3 is 0 Å². The predicted molar refractivity (Wildman–Crippen MR) is 141 cm³/mol. The fourth-order valence-corrected chi connectivity index (χ4v) is 7.77. The molecule has 0 aromatic rings. The average Bonchev–Trinajstić information content (AvgIpc) is 3.56. The van der Waals surface area contributed by atoms with Crippen molar-refractivity contribution in [3.05, 3.63) is 0 Å². The van der Waals surface area contributed by atoms with Crippen molar-refractivity contribution in [3.63, 3.8) is 0 Å². The highest BCUT2D eigenvalue weighted by Crippen LogP contribution is 2.50. The lowest BCUT2D eigenvalue weighted by molar-refractivity contribution is -0.269. The van der Waals surface area contributed by atoms with Gasteiger partial charge in [-0.2, -0.15) is 0 Å². The van der Waals surface area contributed by atoms with Gasteiger partial charge in [-0.1, -0.05) is 0 Å². The summed E-state index contributed by atoms with van der Waals surface area (Å²) in [4.78, 5) is 0. The van der Waals surface area contributed by atoms with Crippen molar-refractivity contribution in [2.75, 3.05) is 0 Å². The highest BCUT2D eigenvalue weighted by Gasteiger charge is 2.57. The van der Waals surface area contributed by atoms with Crippen molar-refractivity contribution in [2.45, 2.75) is 190 Å². The molecule has 0 radical (unpaired) electrons. The van der Waals surface area contributed by atoms with Crippen LogP contribution in [0.2, 0.25) is 0 Å². The molecule has 5 saturated heterocycles. The summed E-state index contributed by atoms with van der Waals surface area (Å²) in [5.41, 5.74) is -3.14. The van der Waals surface area contributed by atoms with Crippen LogP contribution in [0.15, 0.2) is 0 Å². The summed E-state index contributed by atoms with van der Waals surface area (Å²) in [7, 11) is 0. The minimum Gasteiger partial charge on any atom is -0.388 e. The molecule has 0 aliphatic carbocycles. The molecular formula is C30H52O7. The molecule has 2 N–H and O–H groups in total. The van der Waals surface area contributed by atoms with Gasteiger partial charge < -0.3 is 33.9 Å². The highest BCUT2D eigenvalue weighted by atomic mass is 16.6. The van der Waals surface area contributed by atoms with Gasteiger partial charge in [0, 0.05) is 0 Å². The SMILES string of the molecule is CC(C)(O)C1CCC(C)(C2CCC(C)(C3CCC(C(C)(O)CCC4OC(C)(C)C5CCC4(C)O5)O3)O2)O1. The molecule has 5 fully saturated rings. The Hall–Kier alpha value is -0.280. The number of ether oxygens (including phenoxy) is 5. The van der Waals surface area contributed by atoms with Crippen molar-refractivity contribution in [1.29, 1.82) is 0 Å². The molecule has 5 aliphatic rings. The predicted octanol–water partition coefficient (Wildman–Crippen LogP) is 4.83. The van der Waals surface area contributed by atoms with Crippen molar-refractivity contribution >= 4 is 0 Å². The second-order valence-corrected chi connectivity index (χ2v) is 14.8. The van der Waals surface area contributed by atoms with E-state index in [4.69, 9.17) is 23.7 Å². The molecule has 5 aliphatic heterocycles. The lowest BCUT2D eigenvalue weighted by Crippen LogP contribution is -2.56. The molecule has 0 spiro atoms. The fourth-order valence-electron chi connectivity index (χ4n) is 7.77. The molecule has 37 heavy (non-hydrogen) atoms. The summed E-state index contributed by atoms with van der Waals surface area (Å²) >= 11 is 0. The van der Waals surface area contributed by atoms with Crippen LogP contribution in [0, 0.1) is 0 Å². The number of fused-ring (bicyclic) bond motifs is 2. The molecule has 0 saturated carbocycles. The van der Waals surface area contributed by atoms with Crippen molar-refractivity contribution in [1.82, 2.24) is 0 Å². The minimum absolute atomic E-state index is 0.0178. The number of hydrogen-bond acceptors (Lipinski definition) is 7. The van der Waals surface area contributed by atoms with Crippen molar-refractivity contribution in [3.8, 4) is 0 Å². The van der Waals surface area contributed by atoms with E-state index in [0.29, 0.717) is 6.42 Å². The van der Waals surface area contributed by atoms with Gasteiger partial charge in [0.15, 0.2) is 0 Å². The lowest BCUT2D eigenvalue weighted by Gasteiger charge is -2.47. The van der Waals surface area contributed by atoms with E-state index in [-0.39, 0.29) is 47.8 Å². The molecule has 10 atom stereocenters. The molecule has 0 aromatic heterocycles. The maximum Gasteiger partial charge on any atom is 0.0921 e. The second-order valence-electron chi connectivity index (χ2n) is 14.8. The van der Waals surface area contributed by atoms with Crippen LogP contribution in [0.4, 0.5) is 0 Å². The number of hydrogen-bond donors (Lipinski definition) is 2. The zero-order chi connectivity index (χ0) is 27.1. The third kappa shape index (κ3) is 5.16. The number of rotatable bonds is 7. The van der Waals surface area contributed by atoms with Gasteiger partial charge in [0.1, 0.15) is 0 Å². The molecule has 0 amide bonds. The standard InChI is InChI=1S/C30H52O7/c1-25(2,31)19-12-16-30(8,35-19)24-14-18-28(6,37-24)22-10-9-21(33-22)27(5,32)15-11-23-29(7)17-13-20(36-29)26(3,4)34-23/h19-24,31-32H,9-18H2,1-8H3. The molecule has 5 heterocycles. The van der Waals surface area contributed by atoms with E-state index in [1.54, 1.807) is 0 Å². The third-order valence-corrected chi connectivity index (χ3v) is 10.6. The zero-order valence-electron chi connectivity index (χ0n) is 24.5. The van der Waals surface area contributed by atoms with Crippen LogP contribution < -0.4 is 0 Å². The quantitative estimate of drug-likeness (QED) is 0.493. The normalized spacial score (nSPS) is 49.5. The van der Waals surface area contributed by atoms with Gasteiger partial charge in [-0.25, -0.2) is 0 Å². The van der Waals surface area contributed by atoms with E-state index in [2.05, 4.69) is 34.6 Å². The van der Waals surface area contributed by atoms with Gasteiger partial charge in [-0.05, 0) is 120 Å². The van der Waals surface area contributed by atoms with Crippen LogP contribution in [0.25, 0.3) is 0 Å². The van der Waals surface area contributed by atoms with Crippen LogP contribution in [-0.2, 0) is 23.7 Å². The third-order valence-electron chi connectivity index (χ3n) is 10.6. The summed E-state index contributed by atoms with van der Waals surface area (Å²) < 4.78 is 32.6. The minimum atomic E-state index is -0.942. The largest absolute Gasteiger partial charge is 0.388 e. The first-order chi connectivity index (χ1) is 17.0. The summed E-state index contributed by atoms with van der Waals surface area (Å²) in [6.07, 6.45) is 8.31. The first-order valence-electron chi connectivity index (χ1n) is 14.8. The molecule has 5 rings (SSSR count). The Kier molecular flexibility index (Phi) is 6.96. The highest BCUT2D eigenvalue weighted by molar-refractivity contribution is 5.06. The van der Waals surface area contributed by atoms with Crippen LogP contribution >= 0.6 is 0 Å². The van der Waals surface area contributed by atoms with E-state index in [9.17, 15) is 10.2 Å². The topological polar surface area (TPSA) is 86.6 Å². The van der Waals surface area contributed by atoms with E-state index < -0.39 is 22.4 Å². The Morgan fingerprint density at radius 2 is 1.24 bits per heavy atom. The Bertz CT molecular complexity index is 851. The van der Waals surface area contributed by atoms with Gasteiger partial charge in [-0.15, -0.1) is 0 Å². The zero-order valence-corrected chi connectivity index (χ0v) is 24.5. The van der Waals surface area contributed by atoms with Crippen LogP contribution in [-0.4, -0.2) is 80.4 Å². The molecule has 214 valence electrons. The van der Waals surface area contributed by atoms with Crippen LogP contribution in [0.5, 0.6) is 0 Å². The van der Waals surface area contributed by atoms with Crippen molar-refractivity contribution in [2.24, 2.45) is 0 Å². The smallest absolute Gasteiger partial charge is 0.0921 e. The monoisotopic (exact) mass is 524 g/mol. The Labute approximate surface area is 223 Å². The van der Waals surface area contributed by atoms with Gasteiger partial charge in [0.05, 0.1) is 70.2 Å². The first-order valence-corrected chi connectivity index (χ1v) is 14.8. The van der Waals surface area contributed by atoms with E-state index in [1.165, 1.54) is 0 Å². The van der Waals surface area contributed by atoms with Crippen LogP contribution in [0.1, 0.15) is 120 Å². The summed E-state index contributed by atoms with van der Waals surface area (Å²) in [5.74, 6) is 0. The molecule has 7 nitrogen and oxygen atoms in total.